The van der Waals surface area contributed by atoms with Gasteiger partial charge in [0, 0.05) is 12.6 Å². The van der Waals surface area contributed by atoms with Crippen molar-refractivity contribution in [1.82, 2.24) is 9.55 Å². The molecule has 0 amide bonds. The van der Waals surface area contributed by atoms with Gasteiger partial charge in [-0.3, -0.25) is 0 Å². The predicted molar refractivity (Wildman–Crippen MR) is 74.1 cm³/mol. The number of methoxy groups -OCH3 is 1. The molecule has 1 aromatic heterocycles. The lowest BCUT2D eigenvalue weighted by Gasteiger charge is -2.16. The number of hydrogen-bond acceptors (Lipinski definition) is 3. The molecule has 19 heavy (non-hydrogen) atoms. The molecule has 0 aliphatic rings. The molecule has 0 fully saturated rings. The Kier molecular flexibility index (Phi) is 3.30. The van der Waals surface area contributed by atoms with Gasteiger partial charge >= 0.3 is 0 Å². The lowest BCUT2D eigenvalue weighted by molar-refractivity contribution is 0.411. The van der Waals surface area contributed by atoms with Crippen LogP contribution in [0.15, 0.2) is 12.4 Å². The van der Waals surface area contributed by atoms with Gasteiger partial charge < -0.3 is 9.30 Å². The van der Waals surface area contributed by atoms with E-state index < -0.39 is 0 Å². The normalized spacial score (nSPS) is 10.3. The Hall–Kier alpha value is -2.28. The van der Waals surface area contributed by atoms with Gasteiger partial charge in [-0.15, -0.1) is 0 Å². The van der Waals surface area contributed by atoms with E-state index in [1.165, 1.54) is 0 Å². The molecule has 0 saturated heterocycles. The zero-order valence-electron chi connectivity index (χ0n) is 11.9. The lowest BCUT2D eigenvalue weighted by atomic mass is 9.94. The maximum absolute atomic E-state index is 9.19. The van der Waals surface area contributed by atoms with Crippen LogP contribution in [0.25, 0.3) is 11.3 Å². The van der Waals surface area contributed by atoms with Crippen LogP contribution in [0.1, 0.15) is 22.4 Å². The van der Waals surface area contributed by atoms with Crippen LogP contribution < -0.4 is 4.74 Å². The number of rotatable bonds is 2. The van der Waals surface area contributed by atoms with Gasteiger partial charge in [0.2, 0.25) is 0 Å². The third-order valence-corrected chi connectivity index (χ3v) is 3.55. The van der Waals surface area contributed by atoms with Crippen molar-refractivity contribution in [3.63, 3.8) is 0 Å². The summed E-state index contributed by atoms with van der Waals surface area (Å²) in [4.78, 5) is 4.14. The molecule has 0 radical (unpaired) electrons. The number of hydrogen-bond donors (Lipinski definition) is 0. The number of aryl methyl sites for hydroxylation is 2. The molecule has 4 nitrogen and oxygen atoms in total. The minimum atomic E-state index is 0.457. The fourth-order valence-electron chi connectivity index (χ4n) is 2.43. The predicted octanol–water partition coefficient (Wildman–Crippen LogP) is 2.89. The molecule has 0 atom stereocenters. The van der Waals surface area contributed by atoms with Crippen LogP contribution in [0.5, 0.6) is 5.75 Å². The average molecular weight is 255 g/mol. The summed E-state index contributed by atoms with van der Waals surface area (Å²) < 4.78 is 7.27. The minimum Gasteiger partial charge on any atom is -0.496 e. The lowest BCUT2D eigenvalue weighted by Crippen LogP contribution is -2.00. The minimum absolute atomic E-state index is 0.457. The first-order chi connectivity index (χ1) is 9.01. The van der Waals surface area contributed by atoms with Gasteiger partial charge in [0.05, 0.1) is 19.1 Å². The second-order valence-corrected chi connectivity index (χ2v) is 4.69. The summed E-state index contributed by atoms with van der Waals surface area (Å²) in [5.74, 6) is 0.874. The number of benzene rings is 1. The molecule has 98 valence electrons. The zero-order valence-corrected chi connectivity index (χ0v) is 11.9. The standard InChI is InChI=1S/C15H17N3O/c1-9-6-13(19-5)10(2)11(3)14(9)15-12(7-16)17-8-18(15)4/h6,8H,1-5H3. The van der Waals surface area contributed by atoms with E-state index >= 15 is 0 Å². The van der Waals surface area contributed by atoms with Crippen LogP contribution in [-0.4, -0.2) is 16.7 Å². The molecule has 0 aliphatic heterocycles. The van der Waals surface area contributed by atoms with Crippen molar-refractivity contribution in [1.29, 1.82) is 5.26 Å². The fourth-order valence-corrected chi connectivity index (χ4v) is 2.43. The Bertz CT molecular complexity index is 678. The molecule has 0 aliphatic carbocycles. The molecule has 1 aromatic carbocycles. The van der Waals surface area contributed by atoms with Crippen molar-refractivity contribution in [2.24, 2.45) is 7.05 Å². The Morgan fingerprint density at radius 1 is 1.26 bits per heavy atom. The van der Waals surface area contributed by atoms with Crippen molar-refractivity contribution < 1.29 is 4.74 Å². The van der Waals surface area contributed by atoms with E-state index in [1.54, 1.807) is 13.4 Å². The third kappa shape index (κ3) is 1.97. The van der Waals surface area contributed by atoms with Gasteiger partial charge in [0.25, 0.3) is 0 Å². The Labute approximate surface area is 113 Å². The first kappa shape index (κ1) is 13.2. The van der Waals surface area contributed by atoms with E-state index in [9.17, 15) is 5.26 Å². The highest BCUT2D eigenvalue weighted by atomic mass is 16.5. The van der Waals surface area contributed by atoms with Crippen LogP contribution >= 0.6 is 0 Å². The van der Waals surface area contributed by atoms with Gasteiger partial charge in [-0.1, -0.05) is 0 Å². The van der Waals surface area contributed by atoms with E-state index in [0.717, 1.165) is 33.7 Å². The van der Waals surface area contributed by atoms with Gasteiger partial charge in [-0.2, -0.15) is 5.26 Å². The largest absolute Gasteiger partial charge is 0.496 e. The maximum Gasteiger partial charge on any atom is 0.166 e. The van der Waals surface area contributed by atoms with Gasteiger partial charge in [0.1, 0.15) is 11.8 Å². The molecule has 0 bridgehead atoms. The number of nitrogens with zero attached hydrogens (tertiary/aromatic N) is 3. The molecular formula is C15H17N3O. The van der Waals surface area contributed by atoms with E-state index in [1.807, 2.05) is 38.5 Å². The number of ether oxygens (including phenoxy) is 1. The summed E-state index contributed by atoms with van der Waals surface area (Å²) in [5.41, 5.74) is 5.68. The van der Waals surface area contributed by atoms with Gasteiger partial charge in [-0.25, -0.2) is 4.98 Å². The molecule has 0 saturated carbocycles. The first-order valence-electron chi connectivity index (χ1n) is 6.07. The molecule has 2 rings (SSSR count). The van der Waals surface area contributed by atoms with E-state index in [0.29, 0.717) is 5.69 Å². The average Bonchev–Trinajstić information content (AvgIpc) is 2.75. The molecule has 4 heteroatoms. The Morgan fingerprint density at radius 3 is 2.53 bits per heavy atom. The number of imidazole rings is 1. The number of nitriles is 1. The second-order valence-electron chi connectivity index (χ2n) is 4.69. The van der Waals surface area contributed by atoms with E-state index in [2.05, 4.69) is 11.1 Å². The van der Waals surface area contributed by atoms with Crippen molar-refractivity contribution >= 4 is 0 Å². The highest BCUT2D eigenvalue weighted by Gasteiger charge is 2.18. The van der Waals surface area contributed by atoms with Gasteiger partial charge in [-0.05, 0) is 43.5 Å². The topological polar surface area (TPSA) is 50.8 Å². The molecular weight excluding hydrogens is 238 g/mol. The van der Waals surface area contributed by atoms with Crippen LogP contribution in [0.2, 0.25) is 0 Å². The molecule has 0 spiro atoms. The van der Waals surface area contributed by atoms with Crippen molar-refractivity contribution in [3.8, 4) is 23.1 Å². The summed E-state index contributed by atoms with van der Waals surface area (Å²) in [5, 5.41) is 9.19. The van der Waals surface area contributed by atoms with Crippen molar-refractivity contribution in [2.45, 2.75) is 20.8 Å². The Balaban J connectivity index is 2.81. The first-order valence-corrected chi connectivity index (χ1v) is 6.07. The smallest absolute Gasteiger partial charge is 0.166 e. The maximum atomic E-state index is 9.19. The Morgan fingerprint density at radius 2 is 1.95 bits per heavy atom. The van der Waals surface area contributed by atoms with Crippen LogP contribution in [0.4, 0.5) is 0 Å². The van der Waals surface area contributed by atoms with E-state index in [4.69, 9.17) is 4.74 Å². The van der Waals surface area contributed by atoms with Crippen LogP contribution in [0.3, 0.4) is 0 Å². The quantitative estimate of drug-likeness (QED) is 0.829. The molecule has 2 aromatic rings. The zero-order chi connectivity index (χ0) is 14.2. The summed E-state index contributed by atoms with van der Waals surface area (Å²) in [6.45, 7) is 6.10. The molecule has 0 unspecified atom stereocenters. The monoisotopic (exact) mass is 255 g/mol. The molecule has 0 N–H and O–H groups in total. The van der Waals surface area contributed by atoms with Crippen molar-refractivity contribution in [3.05, 3.63) is 34.8 Å². The highest BCUT2D eigenvalue weighted by Crippen LogP contribution is 2.35. The van der Waals surface area contributed by atoms with Crippen LogP contribution in [0, 0.1) is 32.1 Å². The number of aromatic nitrogens is 2. The van der Waals surface area contributed by atoms with Gasteiger partial charge in [0.15, 0.2) is 5.69 Å². The fraction of sp³-hybridized carbons (Fsp3) is 0.333. The SMILES string of the molecule is COc1cc(C)c(-c2c(C#N)ncn2C)c(C)c1C. The summed E-state index contributed by atoms with van der Waals surface area (Å²) >= 11 is 0. The summed E-state index contributed by atoms with van der Waals surface area (Å²) in [6.07, 6.45) is 1.67. The second kappa shape index (κ2) is 4.77. The summed E-state index contributed by atoms with van der Waals surface area (Å²) in [7, 11) is 3.58. The summed E-state index contributed by atoms with van der Waals surface area (Å²) in [6, 6.07) is 4.16. The van der Waals surface area contributed by atoms with E-state index in [-0.39, 0.29) is 0 Å². The third-order valence-electron chi connectivity index (χ3n) is 3.55. The molecule has 1 heterocycles. The highest BCUT2D eigenvalue weighted by molar-refractivity contribution is 5.74. The van der Waals surface area contributed by atoms with Crippen molar-refractivity contribution in [2.75, 3.05) is 7.11 Å². The van der Waals surface area contributed by atoms with Crippen LogP contribution in [-0.2, 0) is 7.05 Å².